The van der Waals surface area contributed by atoms with Gasteiger partial charge in [0.05, 0.1) is 24.1 Å². The van der Waals surface area contributed by atoms with E-state index in [9.17, 15) is 9.59 Å². The van der Waals surface area contributed by atoms with Gasteiger partial charge in [-0.15, -0.1) is 0 Å². The summed E-state index contributed by atoms with van der Waals surface area (Å²) >= 11 is 0. The number of carbonyl (C=O) groups is 2. The van der Waals surface area contributed by atoms with Crippen LogP contribution in [-0.2, 0) is 12.8 Å². The molecule has 7 heteroatoms. The first-order valence-electron chi connectivity index (χ1n) is 10.6. The van der Waals surface area contributed by atoms with Crippen LogP contribution in [0.15, 0.2) is 84.9 Å². The van der Waals surface area contributed by atoms with Gasteiger partial charge >= 0.3 is 0 Å². The minimum absolute atomic E-state index is 0.280. The summed E-state index contributed by atoms with van der Waals surface area (Å²) in [6.45, 7) is 0. The predicted molar refractivity (Wildman–Crippen MR) is 128 cm³/mol. The first-order chi connectivity index (χ1) is 16.1. The molecular formula is C26H24N4O3. The molecule has 1 aromatic heterocycles. The van der Waals surface area contributed by atoms with Crippen LogP contribution >= 0.6 is 0 Å². The van der Waals surface area contributed by atoms with Gasteiger partial charge in [0.15, 0.2) is 0 Å². The zero-order valence-electron chi connectivity index (χ0n) is 18.2. The molecule has 4 rings (SSSR count). The Balaban J connectivity index is 1.40. The number of H-pyrrole nitrogens is 1. The highest BCUT2D eigenvalue weighted by atomic mass is 16.5. The van der Waals surface area contributed by atoms with Gasteiger partial charge in [-0.3, -0.25) is 14.7 Å². The second-order valence-corrected chi connectivity index (χ2v) is 7.44. The normalized spacial score (nSPS) is 10.5. The lowest BCUT2D eigenvalue weighted by atomic mass is 10.1. The molecule has 166 valence electrons. The number of nitrogens with zero attached hydrogens (tertiary/aromatic N) is 1. The number of hydrogen-bond donors (Lipinski definition) is 3. The molecule has 0 unspecified atom stereocenters. The van der Waals surface area contributed by atoms with Crippen molar-refractivity contribution in [2.24, 2.45) is 0 Å². The Morgan fingerprint density at radius 2 is 1.64 bits per heavy atom. The van der Waals surface area contributed by atoms with Crippen LogP contribution in [0.25, 0.3) is 0 Å². The lowest BCUT2D eigenvalue weighted by Crippen LogP contribution is -2.18. The summed E-state index contributed by atoms with van der Waals surface area (Å²) in [5, 5.41) is 12.8. The second kappa shape index (κ2) is 10.3. The summed E-state index contributed by atoms with van der Waals surface area (Å²) in [5.74, 6) is 0.685. The number of para-hydroxylation sites is 1. The topological polar surface area (TPSA) is 96.1 Å². The standard InChI is InChI=1S/C26H24N4O3/c1-33-21-11-7-8-18(16-21)14-15-20-17-24(30-29-20)28-26(32)22-12-5-6-13-23(22)27-25(31)19-9-3-2-4-10-19/h2-13,16-17H,14-15H2,1H3,(H,27,31)(H2,28,29,30,32). The highest BCUT2D eigenvalue weighted by molar-refractivity contribution is 6.12. The molecule has 0 radical (unpaired) electrons. The molecule has 0 aliphatic rings. The fourth-order valence-corrected chi connectivity index (χ4v) is 3.42. The highest BCUT2D eigenvalue weighted by Gasteiger charge is 2.15. The minimum atomic E-state index is -0.345. The van der Waals surface area contributed by atoms with E-state index in [-0.39, 0.29) is 11.8 Å². The first kappa shape index (κ1) is 21.8. The number of ether oxygens (including phenoxy) is 1. The molecule has 0 spiro atoms. The Hall–Kier alpha value is -4.39. The maximum Gasteiger partial charge on any atom is 0.258 e. The van der Waals surface area contributed by atoms with E-state index in [1.54, 1.807) is 55.6 Å². The number of aromatic nitrogens is 2. The van der Waals surface area contributed by atoms with Crippen LogP contribution in [0, 0.1) is 0 Å². The van der Waals surface area contributed by atoms with Crippen LogP contribution in [0.1, 0.15) is 32.0 Å². The molecule has 33 heavy (non-hydrogen) atoms. The van der Waals surface area contributed by atoms with Crippen LogP contribution in [0.4, 0.5) is 11.5 Å². The summed E-state index contributed by atoms with van der Waals surface area (Å²) in [4.78, 5) is 25.4. The zero-order chi connectivity index (χ0) is 23.0. The van der Waals surface area contributed by atoms with Gasteiger partial charge in [0.2, 0.25) is 0 Å². The number of aromatic amines is 1. The fraction of sp³-hybridized carbons (Fsp3) is 0.115. The number of methoxy groups -OCH3 is 1. The van der Waals surface area contributed by atoms with Gasteiger partial charge in [-0.1, -0.05) is 42.5 Å². The van der Waals surface area contributed by atoms with Crippen molar-refractivity contribution in [3.63, 3.8) is 0 Å². The largest absolute Gasteiger partial charge is 0.497 e. The van der Waals surface area contributed by atoms with Crippen LogP contribution < -0.4 is 15.4 Å². The molecular weight excluding hydrogens is 416 g/mol. The molecule has 3 aromatic carbocycles. The predicted octanol–water partition coefficient (Wildman–Crippen LogP) is 4.71. The number of amides is 2. The van der Waals surface area contributed by atoms with Crippen molar-refractivity contribution in [3.8, 4) is 5.75 Å². The Kier molecular flexibility index (Phi) is 6.80. The van der Waals surface area contributed by atoms with E-state index in [1.807, 2.05) is 36.4 Å². The van der Waals surface area contributed by atoms with E-state index in [0.29, 0.717) is 29.1 Å². The molecule has 0 atom stereocenters. The van der Waals surface area contributed by atoms with E-state index in [4.69, 9.17) is 4.74 Å². The van der Waals surface area contributed by atoms with Gasteiger partial charge < -0.3 is 15.4 Å². The van der Waals surface area contributed by atoms with E-state index in [1.165, 1.54) is 0 Å². The Labute approximate surface area is 191 Å². The van der Waals surface area contributed by atoms with Crippen LogP contribution in [0.5, 0.6) is 5.75 Å². The average molecular weight is 441 g/mol. The van der Waals surface area contributed by atoms with Crippen LogP contribution in [-0.4, -0.2) is 29.1 Å². The third-order valence-corrected chi connectivity index (χ3v) is 5.14. The van der Waals surface area contributed by atoms with Gasteiger partial charge in [-0.2, -0.15) is 5.10 Å². The maximum absolute atomic E-state index is 12.9. The summed E-state index contributed by atoms with van der Waals surface area (Å²) in [6.07, 6.45) is 1.51. The molecule has 4 aromatic rings. The molecule has 0 bridgehead atoms. The van der Waals surface area contributed by atoms with Gasteiger partial charge in [0.1, 0.15) is 11.6 Å². The third-order valence-electron chi connectivity index (χ3n) is 5.14. The second-order valence-electron chi connectivity index (χ2n) is 7.44. The maximum atomic E-state index is 12.9. The minimum Gasteiger partial charge on any atom is -0.497 e. The van der Waals surface area contributed by atoms with E-state index in [0.717, 1.165) is 23.4 Å². The summed E-state index contributed by atoms with van der Waals surface area (Å²) < 4.78 is 5.26. The summed E-state index contributed by atoms with van der Waals surface area (Å²) in [7, 11) is 1.65. The molecule has 0 fully saturated rings. The van der Waals surface area contributed by atoms with Gasteiger partial charge in [-0.25, -0.2) is 0 Å². The van der Waals surface area contributed by atoms with Gasteiger partial charge in [-0.05, 0) is 54.8 Å². The Morgan fingerprint density at radius 3 is 2.45 bits per heavy atom. The van der Waals surface area contributed by atoms with Crippen LogP contribution in [0.3, 0.4) is 0 Å². The van der Waals surface area contributed by atoms with Gasteiger partial charge in [0.25, 0.3) is 11.8 Å². The molecule has 2 amide bonds. The molecule has 7 nitrogen and oxygen atoms in total. The smallest absolute Gasteiger partial charge is 0.258 e. The van der Waals surface area contributed by atoms with Crippen molar-refractivity contribution >= 4 is 23.3 Å². The van der Waals surface area contributed by atoms with Crippen molar-refractivity contribution in [1.29, 1.82) is 0 Å². The van der Waals surface area contributed by atoms with Crippen molar-refractivity contribution in [2.45, 2.75) is 12.8 Å². The SMILES string of the molecule is COc1cccc(CCc2cc(NC(=O)c3ccccc3NC(=O)c3ccccc3)[nH]n2)c1. The molecule has 0 aliphatic heterocycles. The van der Waals surface area contributed by atoms with Gasteiger partial charge in [0, 0.05) is 11.6 Å². The van der Waals surface area contributed by atoms with E-state index in [2.05, 4.69) is 20.8 Å². The van der Waals surface area contributed by atoms with E-state index >= 15 is 0 Å². The summed E-state index contributed by atoms with van der Waals surface area (Å²) in [5.41, 5.74) is 3.28. The van der Waals surface area contributed by atoms with Crippen molar-refractivity contribution in [2.75, 3.05) is 17.7 Å². The molecule has 0 aliphatic carbocycles. The number of rotatable bonds is 8. The molecule has 0 saturated heterocycles. The number of nitrogens with one attached hydrogen (secondary N) is 3. The number of aryl methyl sites for hydroxylation is 2. The molecule has 3 N–H and O–H groups in total. The number of anilines is 2. The Morgan fingerprint density at radius 1 is 0.848 bits per heavy atom. The van der Waals surface area contributed by atoms with Crippen LogP contribution in [0.2, 0.25) is 0 Å². The van der Waals surface area contributed by atoms with E-state index < -0.39 is 0 Å². The number of carbonyl (C=O) groups excluding carboxylic acids is 2. The lowest BCUT2D eigenvalue weighted by Gasteiger charge is -2.10. The lowest BCUT2D eigenvalue weighted by molar-refractivity contribution is 0.102. The number of benzene rings is 3. The Bertz CT molecular complexity index is 1250. The van der Waals surface area contributed by atoms with Crippen molar-refractivity contribution < 1.29 is 14.3 Å². The molecule has 0 saturated carbocycles. The third kappa shape index (κ3) is 5.65. The monoisotopic (exact) mass is 440 g/mol. The molecule has 1 heterocycles. The first-order valence-corrected chi connectivity index (χ1v) is 10.6. The average Bonchev–Trinajstić information content (AvgIpc) is 3.31. The highest BCUT2D eigenvalue weighted by Crippen LogP contribution is 2.19. The number of hydrogen-bond acceptors (Lipinski definition) is 4. The van der Waals surface area contributed by atoms with Crippen molar-refractivity contribution in [3.05, 3.63) is 107 Å². The summed E-state index contributed by atoms with van der Waals surface area (Å²) in [6, 6.07) is 25.4. The van der Waals surface area contributed by atoms with Crippen molar-refractivity contribution in [1.82, 2.24) is 10.2 Å². The quantitative estimate of drug-likeness (QED) is 0.370. The zero-order valence-corrected chi connectivity index (χ0v) is 18.2. The fourth-order valence-electron chi connectivity index (χ4n) is 3.42.